The molecule has 2 rings (SSSR count). The molecule has 0 fully saturated rings. The molecule has 0 radical (unpaired) electrons. The molecule has 0 atom stereocenters. The van der Waals surface area contributed by atoms with Gasteiger partial charge in [-0.15, -0.1) is 0 Å². The number of carbonyl (C=O) groups is 1. The van der Waals surface area contributed by atoms with Crippen LogP contribution in [-0.2, 0) is 4.74 Å². The first-order chi connectivity index (χ1) is 11.6. The van der Waals surface area contributed by atoms with Gasteiger partial charge in [0.05, 0.1) is 17.2 Å². The highest BCUT2D eigenvalue weighted by atomic mass is 19.3. The zero-order valence-electron chi connectivity index (χ0n) is 12.4. The van der Waals surface area contributed by atoms with Gasteiger partial charge in [-0.05, 0) is 42.5 Å². The molecule has 0 N–H and O–H groups in total. The van der Waals surface area contributed by atoms with Crippen molar-refractivity contribution in [3.05, 3.63) is 59.7 Å². The van der Waals surface area contributed by atoms with E-state index in [-0.39, 0.29) is 24.5 Å². The number of nitriles is 1. The van der Waals surface area contributed by atoms with E-state index in [9.17, 15) is 13.6 Å². The monoisotopic (exact) mass is 333 g/mol. The quantitative estimate of drug-likeness (QED) is 0.574. The summed E-state index contributed by atoms with van der Waals surface area (Å²) in [4.78, 5) is 11.8. The van der Waals surface area contributed by atoms with E-state index in [1.54, 1.807) is 24.3 Å². The molecule has 0 spiro atoms. The third-order valence-electron chi connectivity index (χ3n) is 2.86. The average molecular weight is 333 g/mol. The molecule has 7 heteroatoms. The summed E-state index contributed by atoms with van der Waals surface area (Å²) in [5.41, 5.74) is 0.617. The Bertz CT molecular complexity index is 726. The SMILES string of the molecule is N#Cc1ccc(OCCOC(=O)c2cccc(OC(F)F)c2)cc1. The molecule has 0 aromatic heterocycles. The summed E-state index contributed by atoms with van der Waals surface area (Å²) >= 11 is 0. The molecule has 0 aliphatic heterocycles. The van der Waals surface area contributed by atoms with Crippen molar-refractivity contribution in [3.8, 4) is 17.6 Å². The van der Waals surface area contributed by atoms with Crippen molar-refractivity contribution >= 4 is 5.97 Å². The van der Waals surface area contributed by atoms with Gasteiger partial charge in [-0.1, -0.05) is 6.07 Å². The van der Waals surface area contributed by atoms with Gasteiger partial charge in [0.15, 0.2) is 0 Å². The minimum Gasteiger partial charge on any atom is -0.490 e. The van der Waals surface area contributed by atoms with Crippen LogP contribution < -0.4 is 9.47 Å². The fourth-order valence-corrected chi connectivity index (χ4v) is 1.80. The molecule has 0 saturated heterocycles. The first-order valence-corrected chi connectivity index (χ1v) is 6.93. The van der Waals surface area contributed by atoms with Crippen LogP contribution in [0.3, 0.4) is 0 Å². The highest BCUT2D eigenvalue weighted by Crippen LogP contribution is 2.16. The number of benzene rings is 2. The molecule has 0 heterocycles. The molecule has 0 bridgehead atoms. The Balaban J connectivity index is 1.79. The molecule has 124 valence electrons. The highest BCUT2D eigenvalue weighted by molar-refractivity contribution is 5.89. The number of hydrogen-bond donors (Lipinski definition) is 0. The van der Waals surface area contributed by atoms with E-state index in [1.165, 1.54) is 24.3 Å². The Morgan fingerprint density at radius 2 is 1.83 bits per heavy atom. The number of esters is 1. The maximum absolute atomic E-state index is 12.1. The van der Waals surface area contributed by atoms with Crippen LogP contribution in [0.15, 0.2) is 48.5 Å². The Hall–Kier alpha value is -3.14. The standard InChI is InChI=1S/C17H13F2NO4/c18-17(19)24-15-3-1-2-13(10-15)16(21)23-9-8-22-14-6-4-12(11-20)5-7-14/h1-7,10,17H,8-9H2. The molecule has 0 aliphatic rings. The number of halogens is 2. The minimum absolute atomic E-state index is 0.0151. The number of rotatable bonds is 7. The predicted octanol–water partition coefficient (Wildman–Crippen LogP) is 3.40. The van der Waals surface area contributed by atoms with Crippen LogP contribution in [0.1, 0.15) is 15.9 Å². The Morgan fingerprint density at radius 3 is 2.50 bits per heavy atom. The zero-order valence-corrected chi connectivity index (χ0v) is 12.4. The molecule has 2 aromatic carbocycles. The molecular formula is C17H13F2NO4. The zero-order chi connectivity index (χ0) is 17.4. The fraction of sp³-hybridized carbons (Fsp3) is 0.176. The Kier molecular flexibility index (Phi) is 6.08. The maximum atomic E-state index is 12.1. The summed E-state index contributed by atoms with van der Waals surface area (Å²) in [6, 6.07) is 13.8. The van der Waals surface area contributed by atoms with Crippen LogP contribution in [0.5, 0.6) is 11.5 Å². The number of ether oxygens (including phenoxy) is 3. The Labute approximate surface area is 137 Å². The lowest BCUT2D eigenvalue weighted by atomic mass is 10.2. The fourth-order valence-electron chi connectivity index (χ4n) is 1.80. The largest absolute Gasteiger partial charge is 0.490 e. The van der Waals surface area contributed by atoms with Crippen LogP contribution in [0.25, 0.3) is 0 Å². The minimum atomic E-state index is -2.96. The van der Waals surface area contributed by atoms with E-state index >= 15 is 0 Å². The van der Waals surface area contributed by atoms with Crippen LogP contribution in [0.2, 0.25) is 0 Å². The van der Waals surface area contributed by atoms with Crippen LogP contribution in [0.4, 0.5) is 8.78 Å². The lowest BCUT2D eigenvalue weighted by molar-refractivity contribution is -0.0499. The van der Waals surface area contributed by atoms with Gasteiger partial charge in [0.2, 0.25) is 0 Å². The van der Waals surface area contributed by atoms with Gasteiger partial charge in [0, 0.05) is 0 Å². The van der Waals surface area contributed by atoms with Crippen LogP contribution in [0, 0.1) is 11.3 Å². The van der Waals surface area contributed by atoms with Crippen LogP contribution in [-0.4, -0.2) is 25.8 Å². The van der Waals surface area contributed by atoms with Crippen molar-refractivity contribution in [2.24, 2.45) is 0 Å². The molecule has 0 amide bonds. The molecule has 24 heavy (non-hydrogen) atoms. The second-order valence-corrected chi connectivity index (χ2v) is 4.53. The lowest BCUT2D eigenvalue weighted by Gasteiger charge is -2.09. The smallest absolute Gasteiger partial charge is 0.387 e. The normalized spacial score (nSPS) is 10.1. The van der Waals surface area contributed by atoms with Crippen molar-refractivity contribution < 1.29 is 27.8 Å². The van der Waals surface area contributed by atoms with Crippen LogP contribution >= 0.6 is 0 Å². The summed E-state index contributed by atoms with van der Waals surface area (Å²) in [6.45, 7) is -2.86. The van der Waals surface area contributed by atoms with E-state index in [4.69, 9.17) is 14.7 Å². The average Bonchev–Trinajstić information content (AvgIpc) is 2.58. The highest BCUT2D eigenvalue weighted by Gasteiger charge is 2.10. The summed E-state index contributed by atoms with van der Waals surface area (Å²) in [5, 5.41) is 8.68. The summed E-state index contributed by atoms with van der Waals surface area (Å²) in [7, 11) is 0. The van der Waals surface area contributed by atoms with Crippen molar-refractivity contribution in [3.63, 3.8) is 0 Å². The maximum Gasteiger partial charge on any atom is 0.387 e. The second kappa shape index (κ2) is 8.48. The summed E-state index contributed by atoms with van der Waals surface area (Å²) < 4.78 is 38.8. The first kappa shape index (κ1) is 17.2. The molecule has 0 unspecified atom stereocenters. The van der Waals surface area contributed by atoms with E-state index in [0.717, 1.165) is 0 Å². The topological polar surface area (TPSA) is 68.5 Å². The molecular weight excluding hydrogens is 320 g/mol. The molecule has 0 saturated carbocycles. The molecule has 2 aromatic rings. The third-order valence-corrected chi connectivity index (χ3v) is 2.86. The van der Waals surface area contributed by atoms with E-state index in [1.807, 2.05) is 6.07 Å². The van der Waals surface area contributed by atoms with E-state index in [0.29, 0.717) is 11.3 Å². The summed E-state index contributed by atoms with van der Waals surface area (Å²) in [5.74, 6) is -0.246. The van der Waals surface area contributed by atoms with Gasteiger partial charge in [0.25, 0.3) is 0 Å². The third kappa shape index (κ3) is 5.25. The van der Waals surface area contributed by atoms with Gasteiger partial charge < -0.3 is 14.2 Å². The van der Waals surface area contributed by atoms with E-state index in [2.05, 4.69) is 4.74 Å². The van der Waals surface area contributed by atoms with Crippen molar-refractivity contribution in [2.45, 2.75) is 6.61 Å². The van der Waals surface area contributed by atoms with Gasteiger partial charge in [0.1, 0.15) is 24.7 Å². The lowest BCUT2D eigenvalue weighted by Crippen LogP contribution is -2.12. The first-order valence-electron chi connectivity index (χ1n) is 6.93. The number of alkyl halides is 2. The Morgan fingerprint density at radius 1 is 1.08 bits per heavy atom. The van der Waals surface area contributed by atoms with Crippen molar-refractivity contribution in [2.75, 3.05) is 13.2 Å². The van der Waals surface area contributed by atoms with Crippen molar-refractivity contribution in [1.29, 1.82) is 5.26 Å². The van der Waals surface area contributed by atoms with Gasteiger partial charge in [-0.25, -0.2) is 4.79 Å². The van der Waals surface area contributed by atoms with E-state index < -0.39 is 12.6 Å². The second-order valence-electron chi connectivity index (χ2n) is 4.53. The van der Waals surface area contributed by atoms with Gasteiger partial charge >= 0.3 is 12.6 Å². The number of hydrogen-bond acceptors (Lipinski definition) is 5. The van der Waals surface area contributed by atoms with Gasteiger partial charge in [-0.2, -0.15) is 14.0 Å². The number of nitrogens with zero attached hydrogens (tertiary/aromatic N) is 1. The van der Waals surface area contributed by atoms with Gasteiger partial charge in [-0.3, -0.25) is 0 Å². The summed E-state index contributed by atoms with van der Waals surface area (Å²) in [6.07, 6.45) is 0. The molecule has 5 nitrogen and oxygen atoms in total. The predicted molar refractivity (Wildman–Crippen MR) is 80.0 cm³/mol. The number of carbonyl (C=O) groups excluding carboxylic acids is 1. The van der Waals surface area contributed by atoms with Crippen molar-refractivity contribution in [1.82, 2.24) is 0 Å². The molecule has 0 aliphatic carbocycles.